The highest BCUT2D eigenvalue weighted by Crippen LogP contribution is 2.09. The van der Waals surface area contributed by atoms with Crippen molar-refractivity contribution in [2.45, 2.75) is 26.9 Å². The summed E-state index contributed by atoms with van der Waals surface area (Å²) < 4.78 is 1.65. The summed E-state index contributed by atoms with van der Waals surface area (Å²) in [6, 6.07) is 8.01. The van der Waals surface area contributed by atoms with Gasteiger partial charge in [0, 0.05) is 19.3 Å². The van der Waals surface area contributed by atoms with Crippen LogP contribution in [0.3, 0.4) is 0 Å². The summed E-state index contributed by atoms with van der Waals surface area (Å²) in [5, 5.41) is 6.95. The number of carbonyl (C=O) groups excluding carboxylic acids is 1. The van der Waals surface area contributed by atoms with Gasteiger partial charge in [0.1, 0.15) is 0 Å². The third-order valence-electron chi connectivity index (χ3n) is 2.90. The van der Waals surface area contributed by atoms with Crippen molar-refractivity contribution < 1.29 is 4.79 Å². The molecule has 100 valence electrons. The number of anilines is 1. The van der Waals surface area contributed by atoms with E-state index in [0.717, 1.165) is 5.56 Å². The predicted octanol–water partition coefficient (Wildman–Crippen LogP) is 1.72. The molecule has 0 aliphatic rings. The van der Waals surface area contributed by atoms with Gasteiger partial charge in [0.2, 0.25) is 0 Å². The minimum Gasteiger partial charge on any atom is -0.396 e. The molecule has 19 heavy (non-hydrogen) atoms. The van der Waals surface area contributed by atoms with E-state index in [9.17, 15) is 4.79 Å². The van der Waals surface area contributed by atoms with Crippen molar-refractivity contribution in [3.63, 3.8) is 0 Å². The molecule has 0 radical (unpaired) electrons. The zero-order valence-corrected chi connectivity index (χ0v) is 11.2. The van der Waals surface area contributed by atoms with Crippen LogP contribution in [0.15, 0.2) is 30.5 Å². The number of rotatable bonds is 4. The second kappa shape index (κ2) is 5.56. The smallest absolute Gasteiger partial charge is 0.274 e. The molecule has 0 fully saturated rings. The first-order valence-corrected chi connectivity index (χ1v) is 6.27. The van der Waals surface area contributed by atoms with Gasteiger partial charge in [-0.05, 0) is 19.4 Å². The second-order valence-electron chi connectivity index (χ2n) is 4.46. The first-order valence-electron chi connectivity index (χ1n) is 6.27. The fraction of sp³-hybridized carbons (Fsp3) is 0.286. The molecule has 0 bridgehead atoms. The lowest BCUT2D eigenvalue weighted by molar-refractivity contribution is 0.0946. The third-order valence-corrected chi connectivity index (χ3v) is 2.90. The van der Waals surface area contributed by atoms with Gasteiger partial charge in [-0.25, -0.2) is 0 Å². The lowest BCUT2D eigenvalue weighted by Crippen LogP contribution is -2.24. The number of nitrogens with one attached hydrogen (secondary N) is 1. The normalized spacial score (nSPS) is 10.4. The number of carbonyl (C=O) groups is 1. The van der Waals surface area contributed by atoms with Crippen molar-refractivity contribution >= 4 is 11.6 Å². The van der Waals surface area contributed by atoms with Crippen LogP contribution >= 0.6 is 0 Å². The highest BCUT2D eigenvalue weighted by atomic mass is 16.1. The Kier molecular flexibility index (Phi) is 3.85. The van der Waals surface area contributed by atoms with Crippen LogP contribution in [0.1, 0.15) is 28.5 Å². The van der Waals surface area contributed by atoms with Gasteiger partial charge in [-0.1, -0.05) is 29.8 Å². The van der Waals surface area contributed by atoms with E-state index in [0.29, 0.717) is 18.8 Å². The maximum absolute atomic E-state index is 12.0. The second-order valence-corrected chi connectivity index (χ2v) is 4.46. The minimum atomic E-state index is -0.245. The van der Waals surface area contributed by atoms with Crippen molar-refractivity contribution in [3.8, 4) is 0 Å². The molecule has 5 nitrogen and oxygen atoms in total. The zero-order valence-electron chi connectivity index (χ0n) is 11.2. The summed E-state index contributed by atoms with van der Waals surface area (Å²) in [7, 11) is 0. The summed E-state index contributed by atoms with van der Waals surface area (Å²) in [4.78, 5) is 12.0. The van der Waals surface area contributed by atoms with Crippen LogP contribution in [0.2, 0.25) is 0 Å². The van der Waals surface area contributed by atoms with Crippen LogP contribution < -0.4 is 11.1 Å². The largest absolute Gasteiger partial charge is 0.396 e. The van der Waals surface area contributed by atoms with Crippen LogP contribution in [0, 0.1) is 6.92 Å². The molecule has 1 amide bonds. The molecule has 2 rings (SSSR count). The Morgan fingerprint density at radius 1 is 1.37 bits per heavy atom. The van der Waals surface area contributed by atoms with Crippen molar-refractivity contribution in [3.05, 3.63) is 47.3 Å². The van der Waals surface area contributed by atoms with Gasteiger partial charge in [-0.2, -0.15) is 5.10 Å². The standard InChI is InChI=1S/C14H18N4O/c1-3-18-9-12(15)13(17-18)14(19)16-8-11-6-4-10(2)5-7-11/h4-7,9H,3,8,15H2,1-2H3,(H,16,19). The molecule has 2 aromatic rings. The summed E-state index contributed by atoms with van der Waals surface area (Å²) in [5.41, 5.74) is 8.70. The van der Waals surface area contributed by atoms with E-state index in [-0.39, 0.29) is 11.6 Å². The first-order chi connectivity index (χ1) is 9.10. The molecule has 0 unspecified atom stereocenters. The Bertz CT molecular complexity index is 572. The number of nitrogens with zero attached hydrogens (tertiary/aromatic N) is 2. The number of hydrogen-bond acceptors (Lipinski definition) is 3. The van der Waals surface area contributed by atoms with E-state index in [1.807, 2.05) is 38.1 Å². The zero-order chi connectivity index (χ0) is 13.8. The van der Waals surface area contributed by atoms with Gasteiger partial charge >= 0.3 is 0 Å². The van der Waals surface area contributed by atoms with E-state index in [1.165, 1.54) is 5.56 Å². The molecule has 0 saturated carbocycles. The van der Waals surface area contributed by atoms with E-state index in [4.69, 9.17) is 5.73 Å². The lowest BCUT2D eigenvalue weighted by Gasteiger charge is -2.04. The lowest BCUT2D eigenvalue weighted by atomic mass is 10.1. The van der Waals surface area contributed by atoms with Crippen LogP contribution in [0.4, 0.5) is 5.69 Å². The molecule has 1 aromatic heterocycles. The van der Waals surface area contributed by atoms with E-state index in [2.05, 4.69) is 10.4 Å². The Balaban J connectivity index is 2.01. The van der Waals surface area contributed by atoms with E-state index < -0.39 is 0 Å². The molecule has 5 heteroatoms. The molecule has 0 saturated heterocycles. The molecule has 0 atom stereocenters. The highest BCUT2D eigenvalue weighted by Gasteiger charge is 2.13. The van der Waals surface area contributed by atoms with E-state index >= 15 is 0 Å². The number of aromatic nitrogens is 2. The van der Waals surface area contributed by atoms with Gasteiger partial charge in [-0.15, -0.1) is 0 Å². The fourth-order valence-electron chi connectivity index (χ4n) is 1.75. The number of hydrogen-bond donors (Lipinski definition) is 2. The van der Waals surface area contributed by atoms with Gasteiger partial charge in [0.25, 0.3) is 5.91 Å². The fourth-order valence-corrected chi connectivity index (χ4v) is 1.75. The number of amides is 1. The summed E-state index contributed by atoms with van der Waals surface area (Å²) in [5.74, 6) is -0.245. The SMILES string of the molecule is CCn1cc(N)c(C(=O)NCc2ccc(C)cc2)n1. The maximum Gasteiger partial charge on any atom is 0.274 e. The molecule has 0 spiro atoms. The molecular weight excluding hydrogens is 240 g/mol. The molecule has 1 heterocycles. The monoisotopic (exact) mass is 258 g/mol. The van der Waals surface area contributed by atoms with Gasteiger partial charge < -0.3 is 11.1 Å². The average Bonchev–Trinajstić information content (AvgIpc) is 2.79. The number of nitrogens with two attached hydrogens (primary N) is 1. The Morgan fingerprint density at radius 2 is 2.05 bits per heavy atom. The predicted molar refractivity (Wildman–Crippen MR) is 74.7 cm³/mol. The first kappa shape index (κ1) is 13.1. The van der Waals surface area contributed by atoms with Crippen molar-refractivity contribution in [1.82, 2.24) is 15.1 Å². The van der Waals surface area contributed by atoms with Gasteiger partial charge in [0.05, 0.1) is 5.69 Å². The Hall–Kier alpha value is -2.30. The quantitative estimate of drug-likeness (QED) is 0.877. The molecule has 3 N–H and O–H groups in total. The summed E-state index contributed by atoms with van der Waals surface area (Å²) in [6.45, 7) is 5.13. The van der Waals surface area contributed by atoms with Crippen molar-refractivity contribution in [2.24, 2.45) is 0 Å². The third kappa shape index (κ3) is 3.13. The summed E-state index contributed by atoms with van der Waals surface area (Å²) in [6.07, 6.45) is 1.67. The minimum absolute atomic E-state index is 0.245. The van der Waals surface area contributed by atoms with Crippen LogP contribution in [-0.4, -0.2) is 15.7 Å². The number of benzene rings is 1. The Labute approximate surface area is 112 Å². The van der Waals surface area contributed by atoms with Crippen LogP contribution in [0.5, 0.6) is 0 Å². The van der Waals surface area contributed by atoms with Gasteiger partial charge in [-0.3, -0.25) is 9.48 Å². The van der Waals surface area contributed by atoms with E-state index in [1.54, 1.807) is 10.9 Å². The summed E-state index contributed by atoms with van der Waals surface area (Å²) >= 11 is 0. The molecule has 0 aliphatic carbocycles. The van der Waals surface area contributed by atoms with Gasteiger partial charge in [0.15, 0.2) is 5.69 Å². The van der Waals surface area contributed by atoms with Crippen molar-refractivity contribution in [1.29, 1.82) is 0 Å². The average molecular weight is 258 g/mol. The highest BCUT2D eigenvalue weighted by molar-refractivity contribution is 5.96. The number of aryl methyl sites for hydroxylation is 2. The van der Waals surface area contributed by atoms with Crippen LogP contribution in [-0.2, 0) is 13.1 Å². The topological polar surface area (TPSA) is 72.9 Å². The van der Waals surface area contributed by atoms with Crippen molar-refractivity contribution in [2.75, 3.05) is 5.73 Å². The molecule has 0 aliphatic heterocycles. The van der Waals surface area contributed by atoms with Crippen LogP contribution in [0.25, 0.3) is 0 Å². The number of nitrogen functional groups attached to an aromatic ring is 1. The maximum atomic E-state index is 12.0. The molecular formula is C14H18N4O. The Morgan fingerprint density at radius 3 is 2.63 bits per heavy atom. The molecule has 1 aromatic carbocycles.